The summed E-state index contributed by atoms with van der Waals surface area (Å²) in [7, 11) is 0. The van der Waals surface area contributed by atoms with Crippen LogP contribution in [0.15, 0.2) is 77.9 Å². The Morgan fingerprint density at radius 2 is 1.68 bits per heavy atom. The highest BCUT2D eigenvalue weighted by Crippen LogP contribution is 2.19. The fourth-order valence-corrected chi connectivity index (χ4v) is 2.51. The molecule has 3 aromatic carbocycles. The lowest BCUT2D eigenvalue weighted by Crippen LogP contribution is -1.99. The van der Waals surface area contributed by atoms with E-state index in [1.54, 1.807) is 6.21 Å². The normalized spacial score (nSPS) is 10.8. The topological polar surface area (TPSA) is 33.6 Å². The Kier molecular flexibility index (Phi) is 5.94. The van der Waals surface area contributed by atoms with Crippen molar-refractivity contribution in [2.45, 2.75) is 6.61 Å². The van der Waals surface area contributed by atoms with Gasteiger partial charge in [0, 0.05) is 15.6 Å². The third-order valence-corrected chi connectivity index (χ3v) is 3.94. The van der Waals surface area contributed by atoms with E-state index in [0.29, 0.717) is 16.7 Å². The molecule has 1 N–H and O–H groups in total. The number of nitrogens with zero attached hydrogens (tertiary/aromatic N) is 1. The van der Waals surface area contributed by atoms with Crippen molar-refractivity contribution in [2.24, 2.45) is 5.10 Å². The molecule has 0 atom stereocenters. The Balaban J connectivity index is 1.65. The summed E-state index contributed by atoms with van der Waals surface area (Å²) < 4.78 is 5.90. The van der Waals surface area contributed by atoms with Crippen molar-refractivity contribution in [3.8, 4) is 5.75 Å². The molecule has 0 aliphatic carbocycles. The summed E-state index contributed by atoms with van der Waals surface area (Å²) in [5.74, 6) is 0.758. The minimum Gasteiger partial charge on any atom is -0.488 e. The van der Waals surface area contributed by atoms with Crippen LogP contribution in [-0.4, -0.2) is 6.21 Å². The second-order valence-corrected chi connectivity index (χ2v) is 6.21. The maximum Gasteiger partial charge on any atom is 0.128 e. The van der Waals surface area contributed by atoms with Crippen molar-refractivity contribution in [3.05, 3.63) is 94.0 Å². The Morgan fingerprint density at radius 1 is 0.880 bits per heavy atom. The number of hydrogen-bond donors (Lipinski definition) is 1. The summed E-state index contributed by atoms with van der Waals surface area (Å²) in [6.45, 7) is 0.462. The average molecular weight is 371 g/mol. The van der Waals surface area contributed by atoms with Crippen molar-refractivity contribution >= 4 is 35.1 Å². The first-order valence-electron chi connectivity index (χ1n) is 7.71. The minimum absolute atomic E-state index is 0.462. The molecule has 0 spiro atoms. The molecule has 0 aliphatic rings. The molecule has 5 heteroatoms. The van der Waals surface area contributed by atoms with E-state index >= 15 is 0 Å². The third kappa shape index (κ3) is 5.24. The fraction of sp³-hybridized carbons (Fsp3) is 0.0500. The number of rotatable bonds is 6. The van der Waals surface area contributed by atoms with Crippen LogP contribution in [-0.2, 0) is 6.61 Å². The number of hydrogen-bond acceptors (Lipinski definition) is 3. The maximum atomic E-state index is 5.96. The van der Waals surface area contributed by atoms with E-state index in [2.05, 4.69) is 10.5 Å². The fourth-order valence-electron chi connectivity index (χ4n) is 2.19. The molecular formula is C20H16Cl2N2O. The van der Waals surface area contributed by atoms with Crippen LogP contribution in [0.4, 0.5) is 5.69 Å². The van der Waals surface area contributed by atoms with E-state index in [4.69, 9.17) is 27.9 Å². The molecule has 0 saturated heterocycles. The second kappa shape index (κ2) is 8.56. The van der Waals surface area contributed by atoms with Crippen LogP contribution in [0, 0.1) is 0 Å². The van der Waals surface area contributed by atoms with Crippen molar-refractivity contribution in [2.75, 3.05) is 5.43 Å². The van der Waals surface area contributed by atoms with Gasteiger partial charge in [-0.15, -0.1) is 0 Å². The Morgan fingerprint density at radius 3 is 2.48 bits per heavy atom. The molecule has 3 aromatic rings. The van der Waals surface area contributed by atoms with Gasteiger partial charge in [-0.25, -0.2) is 0 Å². The third-order valence-electron chi connectivity index (χ3n) is 3.45. The summed E-state index contributed by atoms with van der Waals surface area (Å²) in [6, 6.07) is 22.7. The largest absolute Gasteiger partial charge is 0.488 e. The highest BCUT2D eigenvalue weighted by Gasteiger charge is 2.02. The summed E-state index contributed by atoms with van der Waals surface area (Å²) >= 11 is 11.9. The zero-order chi connectivity index (χ0) is 17.5. The van der Waals surface area contributed by atoms with Crippen molar-refractivity contribution in [3.63, 3.8) is 0 Å². The van der Waals surface area contributed by atoms with E-state index < -0.39 is 0 Å². The molecule has 25 heavy (non-hydrogen) atoms. The summed E-state index contributed by atoms with van der Waals surface area (Å²) in [6.07, 6.45) is 1.72. The Labute approximate surface area is 156 Å². The minimum atomic E-state index is 0.462. The molecule has 0 bridgehead atoms. The van der Waals surface area contributed by atoms with Gasteiger partial charge in [0.15, 0.2) is 0 Å². The van der Waals surface area contributed by atoms with Crippen LogP contribution in [0.25, 0.3) is 0 Å². The maximum absolute atomic E-state index is 5.96. The van der Waals surface area contributed by atoms with Gasteiger partial charge in [0.25, 0.3) is 0 Å². The predicted molar refractivity (Wildman–Crippen MR) is 105 cm³/mol. The standard InChI is InChI=1S/C20H16Cl2N2O/c21-17-10-8-15(9-11-17)14-25-20-7-2-1-4-16(20)13-23-24-19-6-3-5-18(22)12-19/h1-13,24H,14H2. The van der Waals surface area contributed by atoms with E-state index in [0.717, 1.165) is 22.6 Å². The van der Waals surface area contributed by atoms with E-state index in [1.807, 2.05) is 72.8 Å². The number of benzene rings is 3. The first kappa shape index (κ1) is 17.3. The summed E-state index contributed by atoms with van der Waals surface area (Å²) in [5.41, 5.74) is 5.71. The molecule has 126 valence electrons. The van der Waals surface area contributed by atoms with Gasteiger partial charge in [-0.05, 0) is 48.0 Å². The van der Waals surface area contributed by atoms with Gasteiger partial charge >= 0.3 is 0 Å². The Bertz CT molecular complexity index is 864. The second-order valence-electron chi connectivity index (χ2n) is 5.33. The van der Waals surface area contributed by atoms with Gasteiger partial charge in [-0.2, -0.15) is 5.10 Å². The van der Waals surface area contributed by atoms with Crippen LogP contribution in [0.1, 0.15) is 11.1 Å². The lowest BCUT2D eigenvalue weighted by atomic mass is 10.2. The zero-order valence-corrected chi connectivity index (χ0v) is 14.8. The molecule has 0 saturated carbocycles. The van der Waals surface area contributed by atoms with E-state index in [1.165, 1.54) is 0 Å². The average Bonchev–Trinajstić information content (AvgIpc) is 2.62. The van der Waals surface area contributed by atoms with Gasteiger partial charge in [0.05, 0.1) is 11.9 Å². The molecule has 3 rings (SSSR count). The van der Waals surface area contributed by atoms with Crippen LogP contribution >= 0.6 is 23.2 Å². The number of nitrogens with one attached hydrogen (secondary N) is 1. The molecule has 0 aromatic heterocycles. The van der Waals surface area contributed by atoms with Gasteiger partial charge in [0.2, 0.25) is 0 Å². The van der Waals surface area contributed by atoms with Gasteiger partial charge in [-0.3, -0.25) is 5.43 Å². The van der Waals surface area contributed by atoms with Crippen molar-refractivity contribution < 1.29 is 4.74 Å². The highest BCUT2D eigenvalue weighted by molar-refractivity contribution is 6.31. The lowest BCUT2D eigenvalue weighted by molar-refractivity contribution is 0.306. The van der Waals surface area contributed by atoms with E-state index in [9.17, 15) is 0 Å². The molecule has 0 radical (unpaired) electrons. The van der Waals surface area contributed by atoms with Crippen molar-refractivity contribution in [1.82, 2.24) is 0 Å². The van der Waals surface area contributed by atoms with E-state index in [-0.39, 0.29) is 0 Å². The number of anilines is 1. The first-order chi connectivity index (χ1) is 12.2. The van der Waals surface area contributed by atoms with Crippen LogP contribution in [0.5, 0.6) is 5.75 Å². The van der Waals surface area contributed by atoms with Crippen LogP contribution in [0.2, 0.25) is 10.0 Å². The smallest absolute Gasteiger partial charge is 0.128 e. The SMILES string of the molecule is Clc1ccc(COc2ccccc2C=NNc2cccc(Cl)c2)cc1. The summed E-state index contributed by atoms with van der Waals surface area (Å²) in [4.78, 5) is 0. The highest BCUT2D eigenvalue weighted by atomic mass is 35.5. The summed E-state index contributed by atoms with van der Waals surface area (Å²) in [5, 5.41) is 5.62. The molecule has 0 amide bonds. The van der Waals surface area contributed by atoms with Gasteiger partial charge in [-0.1, -0.05) is 53.5 Å². The molecule has 0 heterocycles. The molecule has 0 aliphatic heterocycles. The molecule has 0 fully saturated rings. The molecule has 0 unspecified atom stereocenters. The number of halogens is 2. The van der Waals surface area contributed by atoms with Gasteiger partial charge < -0.3 is 4.74 Å². The first-order valence-corrected chi connectivity index (χ1v) is 8.47. The Hall–Kier alpha value is -2.49. The van der Waals surface area contributed by atoms with Gasteiger partial charge in [0.1, 0.15) is 12.4 Å². The number of para-hydroxylation sites is 1. The molecule has 3 nitrogen and oxygen atoms in total. The monoisotopic (exact) mass is 370 g/mol. The molecular weight excluding hydrogens is 355 g/mol. The lowest BCUT2D eigenvalue weighted by Gasteiger charge is -2.09. The zero-order valence-electron chi connectivity index (χ0n) is 13.3. The predicted octanol–water partition coefficient (Wildman–Crippen LogP) is 6.02. The quantitative estimate of drug-likeness (QED) is 0.425. The van der Waals surface area contributed by atoms with Crippen molar-refractivity contribution in [1.29, 1.82) is 0 Å². The van der Waals surface area contributed by atoms with Crippen LogP contribution in [0.3, 0.4) is 0 Å². The van der Waals surface area contributed by atoms with Crippen LogP contribution < -0.4 is 10.2 Å². The number of hydrazone groups is 1. The number of ether oxygens (including phenoxy) is 1.